The van der Waals surface area contributed by atoms with E-state index < -0.39 is 24.8 Å². The van der Waals surface area contributed by atoms with Crippen LogP contribution in [0.25, 0.3) is 10.1 Å². The highest BCUT2D eigenvalue weighted by atomic mass is 79.9. The number of hydrogen-bond acceptors (Lipinski definition) is 3. The second-order valence-corrected chi connectivity index (χ2v) is 6.20. The zero-order chi connectivity index (χ0) is 15.8. The molecule has 3 nitrogen and oxygen atoms in total. The van der Waals surface area contributed by atoms with Gasteiger partial charge in [-0.05, 0) is 18.2 Å². The SMILES string of the molecule is Nc1c(C(=O)NCC(F)(F)C(F)F)sc2ccc(Br)cc12. The van der Waals surface area contributed by atoms with Gasteiger partial charge in [0.25, 0.3) is 5.91 Å². The van der Waals surface area contributed by atoms with Crippen molar-refractivity contribution in [2.45, 2.75) is 12.3 Å². The number of anilines is 1. The van der Waals surface area contributed by atoms with Crippen LogP contribution in [-0.4, -0.2) is 24.8 Å². The van der Waals surface area contributed by atoms with E-state index in [-0.39, 0.29) is 10.6 Å². The van der Waals surface area contributed by atoms with Crippen LogP contribution in [0.4, 0.5) is 23.2 Å². The molecular formula is C12H9BrF4N2OS. The van der Waals surface area contributed by atoms with Crippen molar-refractivity contribution in [1.82, 2.24) is 5.32 Å². The number of alkyl halides is 4. The van der Waals surface area contributed by atoms with E-state index in [4.69, 9.17) is 5.73 Å². The summed E-state index contributed by atoms with van der Waals surface area (Å²) < 4.78 is 51.1. The fourth-order valence-electron chi connectivity index (χ4n) is 1.61. The highest BCUT2D eigenvalue weighted by Gasteiger charge is 2.41. The molecule has 0 aliphatic carbocycles. The number of rotatable bonds is 4. The third-order valence-electron chi connectivity index (χ3n) is 2.70. The zero-order valence-corrected chi connectivity index (χ0v) is 12.7. The van der Waals surface area contributed by atoms with Crippen LogP contribution < -0.4 is 11.1 Å². The van der Waals surface area contributed by atoms with Crippen molar-refractivity contribution in [2.75, 3.05) is 12.3 Å². The molecule has 2 aromatic rings. The van der Waals surface area contributed by atoms with Gasteiger partial charge in [-0.1, -0.05) is 15.9 Å². The summed E-state index contributed by atoms with van der Waals surface area (Å²) in [5.41, 5.74) is 5.93. The molecule has 9 heteroatoms. The largest absolute Gasteiger partial charge is 0.397 e. The van der Waals surface area contributed by atoms with Crippen LogP contribution in [0.2, 0.25) is 0 Å². The fraction of sp³-hybridized carbons (Fsp3) is 0.250. The summed E-state index contributed by atoms with van der Waals surface area (Å²) in [5.74, 6) is -5.17. The lowest BCUT2D eigenvalue weighted by Crippen LogP contribution is -2.41. The number of benzene rings is 1. The zero-order valence-electron chi connectivity index (χ0n) is 10.3. The molecular weight excluding hydrogens is 376 g/mol. The normalized spacial score (nSPS) is 12.1. The van der Waals surface area contributed by atoms with Gasteiger partial charge in [0.1, 0.15) is 4.88 Å². The summed E-state index contributed by atoms with van der Waals surface area (Å²) in [4.78, 5) is 11.8. The summed E-state index contributed by atoms with van der Waals surface area (Å²) in [7, 11) is 0. The van der Waals surface area contributed by atoms with E-state index in [1.807, 2.05) is 0 Å². The van der Waals surface area contributed by atoms with Crippen molar-refractivity contribution >= 4 is 48.9 Å². The number of halogens is 5. The molecule has 0 aliphatic rings. The Morgan fingerprint density at radius 2 is 2.10 bits per heavy atom. The molecule has 0 aliphatic heterocycles. The molecule has 0 atom stereocenters. The Morgan fingerprint density at radius 1 is 1.43 bits per heavy atom. The monoisotopic (exact) mass is 384 g/mol. The Labute approximate surface area is 129 Å². The van der Waals surface area contributed by atoms with E-state index in [1.165, 1.54) is 0 Å². The van der Waals surface area contributed by atoms with Crippen LogP contribution in [0.5, 0.6) is 0 Å². The lowest BCUT2D eigenvalue weighted by atomic mass is 10.2. The number of nitrogens with two attached hydrogens (primary N) is 1. The van der Waals surface area contributed by atoms with Crippen LogP contribution in [0.3, 0.4) is 0 Å². The van der Waals surface area contributed by atoms with Crippen LogP contribution in [0.1, 0.15) is 9.67 Å². The Bertz CT molecular complexity index is 689. The number of fused-ring (bicyclic) bond motifs is 1. The van der Waals surface area contributed by atoms with E-state index in [1.54, 1.807) is 23.5 Å². The van der Waals surface area contributed by atoms with E-state index in [9.17, 15) is 22.4 Å². The molecule has 114 valence electrons. The smallest absolute Gasteiger partial charge is 0.324 e. The van der Waals surface area contributed by atoms with E-state index >= 15 is 0 Å². The quantitative estimate of drug-likeness (QED) is 0.786. The maximum atomic E-state index is 12.8. The molecule has 0 bridgehead atoms. The van der Waals surface area contributed by atoms with E-state index in [0.29, 0.717) is 10.1 Å². The number of carbonyl (C=O) groups is 1. The average Bonchev–Trinajstić information content (AvgIpc) is 2.73. The van der Waals surface area contributed by atoms with Crippen LogP contribution >= 0.6 is 27.3 Å². The van der Waals surface area contributed by atoms with Gasteiger partial charge >= 0.3 is 12.3 Å². The molecule has 21 heavy (non-hydrogen) atoms. The van der Waals surface area contributed by atoms with Crippen molar-refractivity contribution < 1.29 is 22.4 Å². The summed E-state index contributed by atoms with van der Waals surface area (Å²) in [6.45, 7) is -1.44. The predicted molar refractivity (Wildman–Crippen MR) is 77.2 cm³/mol. The van der Waals surface area contributed by atoms with Gasteiger partial charge in [0.15, 0.2) is 0 Å². The van der Waals surface area contributed by atoms with Crippen LogP contribution in [-0.2, 0) is 0 Å². The molecule has 0 fully saturated rings. The lowest BCUT2D eigenvalue weighted by Gasteiger charge is -2.15. The maximum Gasteiger partial charge on any atom is 0.324 e. The van der Waals surface area contributed by atoms with Gasteiger partial charge in [0, 0.05) is 14.6 Å². The Morgan fingerprint density at radius 3 is 2.71 bits per heavy atom. The maximum absolute atomic E-state index is 12.8. The summed E-state index contributed by atoms with van der Waals surface area (Å²) in [6.07, 6.45) is -3.84. The molecule has 3 N–H and O–H groups in total. The number of thiophene rings is 1. The molecule has 0 radical (unpaired) electrons. The molecule has 0 saturated carbocycles. The minimum atomic E-state index is -4.27. The van der Waals surface area contributed by atoms with Crippen molar-refractivity contribution in [3.05, 3.63) is 27.5 Å². The highest BCUT2D eigenvalue weighted by molar-refractivity contribution is 9.10. The van der Waals surface area contributed by atoms with Gasteiger partial charge in [0.2, 0.25) is 0 Å². The average molecular weight is 385 g/mol. The van der Waals surface area contributed by atoms with Gasteiger partial charge in [-0.3, -0.25) is 4.79 Å². The molecule has 1 aromatic carbocycles. The van der Waals surface area contributed by atoms with Gasteiger partial charge < -0.3 is 11.1 Å². The second kappa shape index (κ2) is 5.80. The fourth-order valence-corrected chi connectivity index (χ4v) is 2.99. The topological polar surface area (TPSA) is 55.1 Å². The molecule has 1 heterocycles. The number of amides is 1. The first-order valence-electron chi connectivity index (χ1n) is 5.64. The third kappa shape index (κ3) is 3.29. The second-order valence-electron chi connectivity index (χ2n) is 4.23. The highest BCUT2D eigenvalue weighted by Crippen LogP contribution is 2.35. The lowest BCUT2D eigenvalue weighted by molar-refractivity contribution is -0.123. The molecule has 0 saturated heterocycles. The van der Waals surface area contributed by atoms with Crippen molar-refractivity contribution in [1.29, 1.82) is 0 Å². The Hall–Kier alpha value is -1.35. The number of nitrogens with one attached hydrogen (secondary N) is 1. The van der Waals surface area contributed by atoms with Crippen LogP contribution in [0, 0.1) is 0 Å². The Balaban J connectivity index is 2.22. The van der Waals surface area contributed by atoms with Crippen molar-refractivity contribution in [3.63, 3.8) is 0 Å². The standard InChI is InChI=1S/C12H9BrF4N2OS/c13-5-1-2-7-6(3-5)8(18)9(21-7)10(20)19-4-12(16,17)11(14)15/h1-3,11H,4,18H2,(H,19,20). The summed E-state index contributed by atoms with van der Waals surface area (Å²) in [6, 6.07) is 5.14. The minimum absolute atomic E-state index is 0.0215. The minimum Gasteiger partial charge on any atom is -0.397 e. The molecule has 1 amide bonds. The summed E-state index contributed by atoms with van der Waals surface area (Å²) >= 11 is 4.26. The van der Waals surface area contributed by atoms with Gasteiger partial charge in [-0.15, -0.1) is 11.3 Å². The van der Waals surface area contributed by atoms with Gasteiger partial charge in [0.05, 0.1) is 12.2 Å². The number of hydrogen-bond donors (Lipinski definition) is 2. The first-order chi connectivity index (χ1) is 9.72. The van der Waals surface area contributed by atoms with Gasteiger partial charge in [-0.25, -0.2) is 8.78 Å². The molecule has 0 spiro atoms. The van der Waals surface area contributed by atoms with Gasteiger partial charge in [-0.2, -0.15) is 8.78 Å². The van der Waals surface area contributed by atoms with Crippen molar-refractivity contribution in [2.24, 2.45) is 0 Å². The predicted octanol–water partition coefficient (Wildman–Crippen LogP) is 3.88. The molecule has 0 unspecified atom stereocenters. The van der Waals surface area contributed by atoms with Crippen LogP contribution in [0.15, 0.2) is 22.7 Å². The van der Waals surface area contributed by atoms with Crippen molar-refractivity contribution in [3.8, 4) is 0 Å². The number of carbonyl (C=O) groups excluding carboxylic acids is 1. The van der Waals surface area contributed by atoms with E-state index in [0.717, 1.165) is 15.8 Å². The molecule has 2 rings (SSSR count). The first-order valence-corrected chi connectivity index (χ1v) is 7.25. The molecule has 1 aromatic heterocycles. The Kier molecular flexibility index (Phi) is 4.43. The summed E-state index contributed by atoms with van der Waals surface area (Å²) in [5, 5.41) is 2.38. The van der Waals surface area contributed by atoms with E-state index in [2.05, 4.69) is 15.9 Å². The number of nitrogen functional groups attached to an aromatic ring is 1. The third-order valence-corrected chi connectivity index (χ3v) is 4.38. The first kappa shape index (κ1) is 16.0.